The fourth-order valence-corrected chi connectivity index (χ4v) is 2.02. The quantitative estimate of drug-likeness (QED) is 0.785. The number of amides is 1. The van der Waals surface area contributed by atoms with E-state index in [9.17, 15) is 4.79 Å². The van der Waals surface area contributed by atoms with E-state index in [1.807, 2.05) is 0 Å². The molecule has 0 unspecified atom stereocenters. The molecule has 0 saturated heterocycles. The third-order valence-corrected chi connectivity index (χ3v) is 3.03. The van der Waals surface area contributed by atoms with Crippen LogP contribution in [0, 0.1) is 6.92 Å². The SMILES string of the molecule is Cc1nc2ncnn2cc1C(=O)Nc1cccc(Cl)c1. The highest BCUT2D eigenvalue weighted by Crippen LogP contribution is 2.16. The Hall–Kier alpha value is -2.47. The molecule has 0 bridgehead atoms. The van der Waals surface area contributed by atoms with E-state index in [1.54, 1.807) is 37.4 Å². The molecule has 0 aliphatic rings. The van der Waals surface area contributed by atoms with E-state index in [0.717, 1.165) is 0 Å². The highest BCUT2D eigenvalue weighted by molar-refractivity contribution is 6.30. The molecule has 3 rings (SSSR count). The van der Waals surface area contributed by atoms with Gasteiger partial charge in [-0.25, -0.2) is 9.50 Å². The van der Waals surface area contributed by atoms with E-state index in [1.165, 1.54) is 10.8 Å². The summed E-state index contributed by atoms with van der Waals surface area (Å²) in [6.45, 7) is 1.75. The third kappa shape index (κ3) is 2.33. The number of aryl methyl sites for hydroxylation is 1. The number of nitrogens with zero attached hydrogens (tertiary/aromatic N) is 4. The summed E-state index contributed by atoms with van der Waals surface area (Å²) in [5.74, 6) is 0.191. The van der Waals surface area contributed by atoms with Crippen molar-refractivity contribution in [3.05, 3.63) is 53.1 Å². The highest BCUT2D eigenvalue weighted by Gasteiger charge is 2.13. The lowest BCUT2D eigenvalue weighted by Gasteiger charge is -2.07. The van der Waals surface area contributed by atoms with E-state index in [0.29, 0.717) is 27.7 Å². The number of carbonyl (C=O) groups is 1. The number of carbonyl (C=O) groups excluding carboxylic acids is 1. The minimum Gasteiger partial charge on any atom is -0.322 e. The van der Waals surface area contributed by atoms with E-state index in [-0.39, 0.29) is 5.91 Å². The van der Waals surface area contributed by atoms with Crippen LogP contribution in [-0.2, 0) is 0 Å². The van der Waals surface area contributed by atoms with Crippen molar-refractivity contribution in [1.29, 1.82) is 0 Å². The molecule has 0 fully saturated rings. The molecule has 3 aromatic rings. The maximum absolute atomic E-state index is 12.3. The molecule has 2 aromatic heterocycles. The molecule has 1 aromatic carbocycles. The minimum atomic E-state index is -0.269. The standard InChI is InChI=1S/C13H10ClN5O/c1-8-11(6-19-13(17-8)15-7-16-19)12(20)18-10-4-2-3-9(14)5-10/h2-7H,1H3,(H,18,20). The fourth-order valence-electron chi connectivity index (χ4n) is 1.83. The van der Waals surface area contributed by atoms with E-state index < -0.39 is 0 Å². The van der Waals surface area contributed by atoms with Gasteiger partial charge >= 0.3 is 0 Å². The number of fused-ring (bicyclic) bond motifs is 1. The Bertz CT molecular complexity index is 798. The lowest BCUT2D eigenvalue weighted by molar-refractivity contribution is 0.102. The zero-order valence-corrected chi connectivity index (χ0v) is 11.3. The van der Waals surface area contributed by atoms with Crippen molar-refractivity contribution in [3.8, 4) is 0 Å². The monoisotopic (exact) mass is 287 g/mol. The number of nitrogens with one attached hydrogen (secondary N) is 1. The minimum absolute atomic E-state index is 0.269. The molecule has 0 spiro atoms. The number of halogens is 1. The van der Waals surface area contributed by atoms with Crippen LogP contribution in [0.3, 0.4) is 0 Å². The molecular weight excluding hydrogens is 278 g/mol. The Kier molecular flexibility index (Phi) is 3.08. The molecule has 20 heavy (non-hydrogen) atoms. The number of rotatable bonds is 2. The van der Waals surface area contributed by atoms with Gasteiger partial charge in [0.25, 0.3) is 11.7 Å². The lowest BCUT2D eigenvalue weighted by Crippen LogP contribution is -2.15. The normalized spacial score (nSPS) is 10.7. The largest absolute Gasteiger partial charge is 0.322 e. The van der Waals surface area contributed by atoms with Crippen LogP contribution in [-0.4, -0.2) is 25.5 Å². The first-order valence-electron chi connectivity index (χ1n) is 5.87. The van der Waals surface area contributed by atoms with Crippen molar-refractivity contribution in [2.75, 3.05) is 5.32 Å². The zero-order valence-electron chi connectivity index (χ0n) is 10.5. The van der Waals surface area contributed by atoms with Gasteiger partial charge in [-0.2, -0.15) is 10.1 Å². The lowest BCUT2D eigenvalue weighted by atomic mass is 10.2. The first-order chi connectivity index (χ1) is 9.63. The second-order valence-electron chi connectivity index (χ2n) is 4.21. The molecule has 6 nitrogen and oxygen atoms in total. The molecule has 1 N–H and O–H groups in total. The Morgan fingerprint density at radius 1 is 1.40 bits per heavy atom. The molecule has 1 amide bonds. The summed E-state index contributed by atoms with van der Waals surface area (Å²) in [5.41, 5.74) is 1.65. The third-order valence-electron chi connectivity index (χ3n) is 2.79. The van der Waals surface area contributed by atoms with Gasteiger partial charge in [0.2, 0.25) is 0 Å². The van der Waals surface area contributed by atoms with Crippen LogP contribution in [0.15, 0.2) is 36.8 Å². The first-order valence-corrected chi connectivity index (χ1v) is 6.25. The van der Waals surface area contributed by atoms with Gasteiger partial charge in [0.1, 0.15) is 6.33 Å². The molecule has 100 valence electrons. The Labute approximate surface area is 119 Å². The van der Waals surface area contributed by atoms with E-state index in [2.05, 4.69) is 20.4 Å². The smallest absolute Gasteiger partial charge is 0.259 e. The summed E-state index contributed by atoms with van der Waals surface area (Å²) in [7, 11) is 0. The van der Waals surface area contributed by atoms with Gasteiger partial charge in [-0.3, -0.25) is 4.79 Å². The molecule has 0 aliphatic heterocycles. The van der Waals surface area contributed by atoms with Gasteiger partial charge < -0.3 is 5.32 Å². The van der Waals surface area contributed by atoms with Crippen LogP contribution < -0.4 is 5.32 Å². The molecular formula is C13H10ClN5O. The number of hydrogen-bond donors (Lipinski definition) is 1. The molecule has 0 radical (unpaired) electrons. The predicted octanol–water partition coefficient (Wildman–Crippen LogP) is 2.34. The maximum Gasteiger partial charge on any atom is 0.259 e. The van der Waals surface area contributed by atoms with Crippen molar-refractivity contribution in [2.24, 2.45) is 0 Å². The van der Waals surface area contributed by atoms with Gasteiger partial charge in [-0.15, -0.1) is 0 Å². The zero-order chi connectivity index (χ0) is 14.1. The number of hydrogen-bond acceptors (Lipinski definition) is 4. The average molecular weight is 288 g/mol. The molecule has 2 heterocycles. The van der Waals surface area contributed by atoms with Crippen LogP contribution in [0.2, 0.25) is 5.02 Å². The fraction of sp³-hybridized carbons (Fsp3) is 0.0769. The first kappa shape index (κ1) is 12.6. The number of benzene rings is 1. The van der Waals surface area contributed by atoms with E-state index in [4.69, 9.17) is 11.6 Å². The highest BCUT2D eigenvalue weighted by atomic mass is 35.5. The second-order valence-corrected chi connectivity index (χ2v) is 4.65. The van der Waals surface area contributed by atoms with E-state index >= 15 is 0 Å². The molecule has 0 atom stereocenters. The second kappa shape index (κ2) is 4.90. The maximum atomic E-state index is 12.3. The van der Waals surface area contributed by atoms with Gasteiger partial charge in [0.05, 0.1) is 11.3 Å². The van der Waals surface area contributed by atoms with Crippen molar-refractivity contribution in [2.45, 2.75) is 6.92 Å². The Morgan fingerprint density at radius 2 is 2.25 bits per heavy atom. The van der Waals surface area contributed by atoms with Gasteiger partial charge in [-0.05, 0) is 25.1 Å². The van der Waals surface area contributed by atoms with Crippen LogP contribution in [0.25, 0.3) is 5.78 Å². The summed E-state index contributed by atoms with van der Waals surface area (Å²) in [5, 5.41) is 7.30. The Morgan fingerprint density at radius 3 is 3.05 bits per heavy atom. The molecule has 0 saturated carbocycles. The van der Waals surface area contributed by atoms with Gasteiger partial charge in [0.15, 0.2) is 0 Å². The number of anilines is 1. The topological polar surface area (TPSA) is 72.2 Å². The van der Waals surface area contributed by atoms with Crippen LogP contribution in [0.4, 0.5) is 5.69 Å². The molecule has 7 heteroatoms. The average Bonchev–Trinajstić information content (AvgIpc) is 2.84. The summed E-state index contributed by atoms with van der Waals surface area (Å²) < 4.78 is 1.46. The van der Waals surface area contributed by atoms with Crippen LogP contribution >= 0.6 is 11.6 Å². The predicted molar refractivity (Wildman–Crippen MR) is 74.9 cm³/mol. The number of aromatic nitrogens is 4. The van der Waals surface area contributed by atoms with Crippen molar-refractivity contribution < 1.29 is 4.79 Å². The van der Waals surface area contributed by atoms with Crippen molar-refractivity contribution >= 4 is 29.0 Å². The molecule has 0 aliphatic carbocycles. The summed E-state index contributed by atoms with van der Waals surface area (Å²) in [6, 6.07) is 6.95. The van der Waals surface area contributed by atoms with Crippen molar-refractivity contribution in [1.82, 2.24) is 19.6 Å². The van der Waals surface area contributed by atoms with Gasteiger partial charge in [0, 0.05) is 16.9 Å². The summed E-state index contributed by atoms with van der Waals surface area (Å²) in [6.07, 6.45) is 2.99. The van der Waals surface area contributed by atoms with Gasteiger partial charge in [-0.1, -0.05) is 17.7 Å². The van der Waals surface area contributed by atoms with Crippen LogP contribution in [0.5, 0.6) is 0 Å². The Balaban J connectivity index is 1.93. The van der Waals surface area contributed by atoms with Crippen LogP contribution in [0.1, 0.15) is 16.1 Å². The summed E-state index contributed by atoms with van der Waals surface area (Å²) >= 11 is 5.88. The van der Waals surface area contributed by atoms with Crippen molar-refractivity contribution in [3.63, 3.8) is 0 Å². The summed E-state index contributed by atoms with van der Waals surface area (Å²) in [4.78, 5) is 20.4.